The smallest absolute Gasteiger partial charge is 0.157 e. The number of nitrogens with one attached hydrogen (secondary N) is 1. The summed E-state index contributed by atoms with van der Waals surface area (Å²) in [5.74, 6) is 2.17. The summed E-state index contributed by atoms with van der Waals surface area (Å²) in [5, 5.41) is 7.32. The maximum Gasteiger partial charge on any atom is 0.157 e. The molecule has 1 N–H and O–H groups in total. The number of methoxy groups -OCH3 is 1. The molecule has 0 atom stereocenters. The summed E-state index contributed by atoms with van der Waals surface area (Å²) in [6.07, 6.45) is 1.54. The molecule has 158 valence electrons. The fraction of sp³-hybridized carbons (Fsp3) is 0.115. The molecule has 0 aliphatic rings. The molecule has 5 rings (SSSR count). The van der Waals surface area contributed by atoms with Gasteiger partial charge in [0.25, 0.3) is 0 Å². The Labute approximate surface area is 185 Å². The zero-order chi connectivity index (χ0) is 22.1. The quantitative estimate of drug-likeness (QED) is 0.382. The number of benzene rings is 3. The molecule has 0 unspecified atom stereocenters. The van der Waals surface area contributed by atoms with Gasteiger partial charge in [0.1, 0.15) is 23.4 Å². The molecule has 2 heterocycles. The van der Waals surface area contributed by atoms with E-state index in [9.17, 15) is 0 Å². The lowest BCUT2D eigenvalue weighted by molar-refractivity contribution is 0.415. The summed E-state index contributed by atoms with van der Waals surface area (Å²) >= 11 is 0. The summed E-state index contributed by atoms with van der Waals surface area (Å²) in [4.78, 5) is 8.70. The van der Waals surface area contributed by atoms with Gasteiger partial charge in [0.05, 0.1) is 18.0 Å². The second kappa shape index (κ2) is 8.15. The van der Waals surface area contributed by atoms with Gasteiger partial charge < -0.3 is 9.15 Å². The first kappa shape index (κ1) is 19.8. The van der Waals surface area contributed by atoms with Crippen molar-refractivity contribution < 1.29 is 9.15 Å². The van der Waals surface area contributed by atoms with Gasteiger partial charge >= 0.3 is 0 Å². The van der Waals surface area contributed by atoms with Crippen molar-refractivity contribution in [2.24, 2.45) is 5.10 Å². The van der Waals surface area contributed by atoms with E-state index in [1.807, 2.05) is 54.6 Å². The van der Waals surface area contributed by atoms with E-state index in [4.69, 9.17) is 14.3 Å². The molecule has 6 nitrogen and oxygen atoms in total. The minimum absolute atomic E-state index is 0.652. The number of ether oxygens (including phenoxy) is 1. The molecule has 32 heavy (non-hydrogen) atoms. The maximum absolute atomic E-state index is 6.27. The fourth-order valence-corrected chi connectivity index (χ4v) is 3.62. The van der Waals surface area contributed by atoms with E-state index < -0.39 is 0 Å². The molecule has 0 spiro atoms. The van der Waals surface area contributed by atoms with Gasteiger partial charge in [0, 0.05) is 22.4 Å². The molecule has 6 heteroatoms. The van der Waals surface area contributed by atoms with E-state index >= 15 is 0 Å². The Morgan fingerprint density at radius 1 is 0.875 bits per heavy atom. The minimum Gasteiger partial charge on any atom is -0.497 e. The van der Waals surface area contributed by atoms with Crippen molar-refractivity contribution in [1.82, 2.24) is 9.97 Å². The molecule has 0 radical (unpaired) electrons. The average molecular weight is 422 g/mol. The third-order valence-corrected chi connectivity index (χ3v) is 5.56. The Morgan fingerprint density at radius 3 is 2.47 bits per heavy atom. The Kier molecular flexibility index (Phi) is 5.03. The van der Waals surface area contributed by atoms with Crippen molar-refractivity contribution in [3.05, 3.63) is 89.5 Å². The first-order valence-corrected chi connectivity index (χ1v) is 10.3. The van der Waals surface area contributed by atoms with E-state index in [0.717, 1.165) is 49.9 Å². The van der Waals surface area contributed by atoms with E-state index in [-0.39, 0.29) is 0 Å². The van der Waals surface area contributed by atoms with Crippen molar-refractivity contribution in [2.75, 3.05) is 12.5 Å². The topological polar surface area (TPSA) is 72.5 Å². The van der Waals surface area contributed by atoms with Crippen LogP contribution in [0.5, 0.6) is 5.75 Å². The zero-order valence-corrected chi connectivity index (χ0v) is 18.1. The minimum atomic E-state index is 0.652. The highest BCUT2D eigenvalue weighted by molar-refractivity contribution is 5.88. The van der Waals surface area contributed by atoms with Crippen molar-refractivity contribution in [3.8, 4) is 17.1 Å². The second-order valence-corrected chi connectivity index (χ2v) is 7.62. The summed E-state index contributed by atoms with van der Waals surface area (Å²) < 4.78 is 11.5. The molecule has 0 bridgehead atoms. The van der Waals surface area contributed by atoms with Gasteiger partial charge in [-0.2, -0.15) is 5.10 Å². The fourth-order valence-electron chi connectivity index (χ4n) is 3.62. The number of fused-ring (bicyclic) bond motifs is 2. The summed E-state index contributed by atoms with van der Waals surface area (Å²) in [6.45, 7) is 4.16. The van der Waals surface area contributed by atoms with Crippen molar-refractivity contribution >= 4 is 27.7 Å². The molecular formula is C26H22N4O2. The number of hydrogen-bond donors (Lipinski definition) is 1. The number of nitrogens with zero attached hydrogens (tertiary/aromatic N) is 3. The highest BCUT2D eigenvalue weighted by Gasteiger charge is 2.09. The van der Waals surface area contributed by atoms with Gasteiger partial charge in [0.2, 0.25) is 0 Å². The summed E-state index contributed by atoms with van der Waals surface area (Å²) in [5.41, 5.74) is 8.05. The third-order valence-electron chi connectivity index (χ3n) is 5.56. The van der Waals surface area contributed by atoms with Gasteiger partial charge in [-0.1, -0.05) is 12.1 Å². The standard InChI is InChI=1S/C26H22N4O2/c1-16-12-21-23(29-30-26-20-6-4-5-7-22(20)27-15-28-26)14-24(32-25(21)13-17(16)2)18-8-10-19(31-3)11-9-18/h4-15H,1-3H3,(H,27,28,30). The molecule has 2 aromatic heterocycles. The van der Waals surface area contributed by atoms with Gasteiger partial charge in [-0.15, -0.1) is 0 Å². The van der Waals surface area contributed by atoms with E-state index in [2.05, 4.69) is 41.4 Å². The Morgan fingerprint density at radius 2 is 1.66 bits per heavy atom. The van der Waals surface area contributed by atoms with Crippen LogP contribution in [0.15, 0.2) is 82.6 Å². The molecule has 0 amide bonds. The maximum atomic E-state index is 6.27. The number of para-hydroxylation sites is 1. The van der Waals surface area contributed by atoms with E-state index in [1.54, 1.807) is 7.11 Å². The molecule has 5 aromatic rings. The number of rotatable bonds is 4. The SMILES string of the molecule is COc1ccc(-c2cc(=NNc3ncnc4ccccc34)c3cc(C)c(C)cc3o2)cc1. The summed E-state index contributed by atoms with van der Waals surface area (Å²) in [7, 11) is 1.65. The molecule has 0 aliphatic carbocycles. The first-order valence-electron chi connectivity index (χ1n) is 10.3. The largest absolute Gasteiger partial charge is 0.497 e. The molecule has 0 aliphatic heterocycles. The van der Waals surface area contributed by atoms with Crippen molar-refractivity contribution in [2.45, 2.75) is 13.8 Å². The lowest BCUT2D eigenvalue weighted by Gasteiger charge is -2.09. The molecule has 0 fully saturated rings. The predicted molar refractivity (Wildman–Crippen MR) is 126 cm³/mol. The van der Waals surface area contributed by atoms with Crippen LogP contribution in [0.25, 0.3) is 33.2 Å². The molecule has 0 saturated heterocycles. The Hall–Kier alpha value is -4.19. The van der Waals surface area contributed by atoms with Gasteiger partial charge in [-0.05, 0) is 73.5 Å². The van der Waals surface area contributed by atoms with Crippen LogP contribution in [0, 0.1) is 13.8 Å². The van der Waals surface area contributed by atoms with Gasteiger partial charge in [-0.25, -0.2) is 9.97 Å². The van der Waals surface area contributed by atoms with E-state index in [1.165, 1.54) is 11.9 Å². The number of hydrogen-bond acceptors (Lipinski definition) is 6. The number of aryl methyl sites for hydroxylation is 2. The average Bonchev–Trinajstić information content (AvgIpc) is 2.83. The van der Waals surface area contributed by atoms with Crippen LogP contribution in [-0.2, 0) is 0 Å². The van der Waals surface area contributed by atoms with Crippen LogP contribution in [-0.4, -0.2) is 17.1 Å². The van der Waals surface area contributed by atoms with Crippen LogP contribution in [0.2, 0.25) is 0 Å². The van der Waals surface area contributed by atoms with Gasteiger partial charge in [-0.3, -0.25) is 5.43 Å². The van der Waals surface area contributed by atoms with Crippen molar-refractivity contribution in [3.63, 3.8) is 0 Å². The third kappa shape index (κ3) is 3.67. The molecule has 3 aromatic carbocycles. The van der Waals surface area contributed by atoms with E-state index in [0.29, 0.717) is 5.82 Å². The lowest BCUT2D eigenvalue weighted by atomic mass is 10.1. The monoisotopic (exact) mass is 422 g/mol. The van der Waals surface area contributed by atoms with Crippen LogP contribution in [0.1, 0.15) is 11.1 Å². The predicted octanol–water partition coefficient (Wildman–Crippen LogP) is 5.60. The Balaban J connectivity index is 1.68. The second-order valence-electron chi connectivity index (χ2n) is 7.62. The van der Waals surface area contributed by atoms with Crippen LogP contribution in [0.3, 0.4) is 0 Å². The van der Waals surface area contributed by atoms with Crippen LogP contribution in [0.4, 0.5) is 5.82 Å². The first-order chi connectivity index (χ1) is 15.6. The highest BCUT2D eigenvalue weighted by atomic mass is 16.5. The van der Waals surface area contributed by atoms with Gasteiger partial charge in [0.15, 0.2) is 5.82 Å². The van der Waals surface area contributed by atoms with Crippen LogP contribution < -0.4 is 15.5 Å². The molecular weight excluding hydrogens is 400 g/mol. The zero-order valence-electron chi connectivity index (χ0n) is 18.1. The lowest BCUT2D eigenvalue weighted by Crippen LogP contribution is -2.09. The highest BCUT2D eigenvalue weighted by Crippen LogP contribution is 2.26. The molecule has 0 saturated carbocycles. The summed E-state index contributed by atoms with van der Waals surface area (Å²) in [6, 6.07) is 21.7. The van der Waals surface area contributed by atoms with Crippen molar-refractivity contribution in [1.29, 1.82) is 0 Å². The van der Waals surface area contributed by atoms with Crippen LogP contribution >= 0.6 is 0 Å². The number of anilines is 1. The number of aromatic nitrogens is 2. The normalized spacial score (nSPS) is 11.8. The Bertz CT molecular complexity index is 1500.